The van der Waals surface area contributed by atoms with E-state index < -0.39 is 0 Å². The van der Waals surface area contributed by atoms with Crippen molar-refractivity contribution in [3.63, 3.8) is 0 Å². The molecule has 1 aliphatic rings. The fraction of sp³-hybridized carbons (Fsp3) is 0.462. The summed E-state index contributed by atoms with van der Waals surface area (Å²) >= 11 is 0. The van der Waals surface area contributed by atoms with Gasteiger partial charge in [0, 0.05) is 0 Å². The molecule has 2 rings (SSSR count). The molecule has 86 valence electrons. The van der Waals surface area contributed by atoms with E-state index in [4.69, 9.17) is 4.84 Å². The second kappa shape index (κ2) is 4.66. The third-order valence-corrected chi connectivity index (χ3v) is 3.13. The van der Waals surface area contributed by atoms with Crippen LogP contribution in [0.15, 0.2) is 30.3 Å². The van der Waals surface area contributed by atoms with Crippen LogP contribution in [0.1, 0.15) is 25.8 Å². The highest BCUT2D eigenvalue weighted by atomic mass is 16.7. The number of hydrogen-bond acceptors (Lipinski definition) is 3. The fourth-order valence-electron chi connectivity index (χ4n) is 2.14. The first-order valence-electron chi connectivity index (χ1n) is 5.74. The van der Waals surface area contributed by atoms with Crippen LogP contribution < -0.4 is 0 Å². The van der Waals surface area contributed by atoms with Gasteiger partial charge in [0.05, 0.1) is 18.5 Å². The van der Waals surface area contributed by atoms with Gasteiger partial charge in [0.25, 0.3) is 0 Å². The van der Waals surface area contributed by atoms with Crippen LogP contribution in [0.4, 0.5) is 0 Å². The molecule has 0 radical (unpaired) electrons. The lowest BCUT2D eigenvalue weighted by atomic mass is 10.0. The van der Waals surface area contributed by atoms with Crippen molar-refractivity contribution >= 4 is 5.97 Å². The first kappa shape index (κ1) is 11.1. The van der Waals surface area contributed by atoms with Gasteiger partial charge >= 0.3 is 5.97 Å². The molecule has 0 aliphatic carbocycles. The number of nitrogens with zero attached hydrogens (tertiary/aromatic N) is 1. The molecule has 3 nitrogen and oxygen atoms in total. The molecular weight excluding hydrogens is 202 g/mol. The van der Waals surface area contributed by atoms with E-state index in [1.807, 2.05) is 42.3 Å². The molecule has 0 aromatic heterocycles. The molecule has 0 bridgehead atoms. The Kier molecular flexibility index (Phi) is 3.25. The van der Waals surface area contributed by atoms with Gasteiger partial charge in [-0.3, -0.25) is 0 Å². The van der Waals surface area contributed by atoms with Crippen molar-refractivity contribution in [2.75, 3.05) is 0 Å². The maximum absolute atomic E-state index is 11.5. The van der Waals surface area contributed by atoms with E-state index in [9.17, 15) is 4.79 Å². The van der Waals surface area contributed by atoms with Gasteiger partial charge in [0.1, 0.15) is 0 Å². The lowest BCUT2D eigenvalue weighted by Crippen LogP contribution is -2.30. The highest BCUT2D eigenvalue weighted by Gasteiger charge is 2.38. The minimum Gasteiger partial charge on any atom is -0.367 e. The quantitative estimate of drug-likeness (QED) is 0.781. The first-order chi connectivity index (χ1) is 7.72. The number of benzene rings is 1. The number of hydroxylamine groups is 2. The molecule has 1 aliphatic heterocycles. The second-order valence-corrected chi connectivity index (χ2v) is 4.24. The van der Waals surface area contributed by atoms with Crippen LogP contribution >= 0.6 is 0 Å². The molecular formula is C13H17NO2. The predicted octanol–water partition coefficient (Wildman–Crippen LogP) is 2.38. The van der Waals surface area contributed by atoms with Crippen molar-refractivity contribution in [3.8, 4) is 0 Å². The Labute approximate surface area is 96.0 Å². The van der Waals surface area contributed by atoms with Crippen LogP contribution in [0, 0.1) is 5.92 Å². The smallest absolute Gasteiger partial charge is 0.329 e. The highest BCUT2D eigenvalue weighted by Crippen LogP contribution is 2.26. The zero-order chi connectivity index (χ0) is 11.5. The lowest BCUT2D eigenvalue weighted by Gasteiger charge is -2.21. The molecule has 1 heterocycles. The van der Waals surface area contributed by atoms with Crippen LogP contribution in [-0.4, -0.2) is 17.1 Å². The lowest BCUT2D eigenvalue weighted by molar-refractivity contribution is -0.178. The standard InChI is InChI=1S/C13H17NO2/c1-3-12-10(2)13(15)16-14(12)9-11-7-5-4-6-8-11/h4-8,10,12H,3,9H2,1-2H3. The van der Waals surface area contributed by atoms with Gasteiger partial charge in [-0.15, -0.1) is 5.06 Å². The van der Waals surface area contributed by atoms with Crippen LogP contribution in [0.25, 0.3) is 0 Å². The summed E-state index contributed by atoms with van der Waals surface area (Å²) in [6, 6.07) is 10.3. The summed E-state index contributed by atoms with van der Waals surface area (Å²) in [6.45, 7) is 4.69. The third-order valence-electron chi connectivity index (χ3n) is 3.13. The normalized spacial score (nSPS) is 25.8. The number of rotatable bonds is 3. The van der Waals surface area contributed by atoms with Crippen molar-refractivity contribution < 1.29 is 9.63 Å². The Balaban J connectivity index is 2.08. The topological polar surface area (TPSA) is 29.5 Å². The minimum absolute atomic E-state index is 0.0197. The largest absolute Gasteiger partial charge is 0.367 e. The van der Waals surface area contributed by atoms with Crippen LogP contribution in [-0.2, 0) is 16.2 Å². The SMILES string of the molecule is CCC1C(C)C(=O)ON1Cc1ccccc1. The number of carbonyl (C=O) groups is 1. The molecule has 1 aromatic rings. The van der Waals surface area contributed by atoms with Crippen molar-refractivity contribution in [2.24, 2.45) is 5.92 Å². The summed E-state index contributed by atoms with van der Waals surface area (Å²) in [4.78, 5) is 16.8. The summed E-state index contributed by atoms with van der Waals surface area (Å²) in [5.41, 5.74) is 1.17. The molecule has 1 aromatic carbocycles. The number of hydrogen-bond donors (Lipinski definition) is 0. The van der Waals surface area contributed by atoms with Crippen molar-refractivity contribution in [3.05, 3.63) is 35.9 Å². The summed E-state index contributed by atoms with van der Waals surface area (Å²) < 4.78 is 0. The molecule has 0 N–H and O–H groups in total. The Morgan fingerprint density at radius 3 is 2.62 bits per heavy atom. The average molecular weight is 219 g/mol. The maximum Gasteiger partial charge on any atom is 0.329 e. The maximum atomic E-state index is 11.5. The van der Waals surface area contributed by atoms with Gasteiger partial charge in [-0.1, -0.05) is 44.2 Å². The van der Waals surface area contributed by atoms with Gasteiger partial charge < -0.3 is 4.84 Å². The molecule has 16 heavy (non-hydrogen) atoms. The van der Waals surface area contributed by atoms with E-state index in [0.29, 0.717) is 6.54 Å². The fourth-order valence-corrected chi connectivity index (χ4v) is 2.14. The summed E-state index contributed by atoms with van der Waals surface area (Å²) in [5, 5.41) is 1.81. The molecule has 2 atom stereocenters. The van der Waals surface area contributed by atoms with E-state index in [1.54, 1.807) is 0 Å². The molecule has 2 unspecified atom stereocenters. The van der Waals surface area contributed by atoms with E-state index in [1.165, 1.54) is 5.56 Å². The van der Waals surface area contributed by atoms with E-state index in [2.05, 4.69) is 6.92 Å². The molecule has 0 amide bonds. The molecule has 0 saturated carbocycles. The van der Waals surface area contributed by atoms with Crippen LogP contribution in [0.2, 0.25) is 0 Å². The van der Waals surface area contributed by atoms with Crippen molar-refractivity contribution in [1.29, 1.82) is 0 Å². The van der Waals surface area contributed by atoms with E-state index in [0.717, 1.165) is 6.42 Å². The van der Waals surface area contributed by atoms with Crippen LogP contribution in [0.5, 0.6) is 0 Å². The second-order valence-electron chi connectivity index (χ2n) is 4.24. The molecule has 1 fully saturated rings. The Morgan fingerprint density at radius 1 is 1.31 bits per heavy atom. The van der Waals surface area contributed by atoms with E-state index in [-0.39, 0.29) is 17.9 Å². The molecule has 3 heteroatoms. The van der Waals surface area contributed by atoms with Gasteiger partial charge in [0.15, 0.2) is 0 Å². The van der Waals surface area contributed by atoms with Gasteiger partial charge in [-0.05, 0) is 12.0 Å². The summed E-state index contributed by atoms with van der Waals surface area (Å²) in [5.74, 6) is -0.128. The zero-order valence-electron chi connectivity index (χ0n) is 9.72. The van der Waals surface area contributed by atoms with Gasteiger partial charge in [-0.25, -0.2) is 4.79 Å². The summed E-state index contributed by atoms with van der Waals surface area (Å²) in [7, 11) is 0. The van der Waals surface area contributed by atoms with Crippen molar-refractivity contribution in [1.82, 2.24) is 5.06 Å². The third kappa shape index (κ3) is 2.09. The molecule has 0 spiro atoms. The van der Waals surface area contributed by atoms with Gasteiger partial charge in [0.2, 0.25) is 0 Å². The minimum atomic E-state index is -0.109. The first-order valence-corrected chi connectivity index (χ1v) is 5.74. The molecule has 1 saturated heterocycles. The average Bonchev–Trinajstić information content (AvgIpc) is 2.56. The summed E-state index contributed by atoms with van der Waals surface area (Å²) in [6.07, 6.45) is 0.930. The van der Waals surface area contributed by atoms with Crippen molar-refractivity contribution in [2.45, 2.75) is 32.9 Å². The zero-order valence-corrected chi connectivity index (χ0v) is 9.72. The Morgan fingerprint density at radius 2 is 2.00 bits per heavy atom. The highest BCUT2D eigenvalue weighted by molar-refractivity contribution is 5.74. The number of carbonyl (C=O) groups excluding carboxylic acids is 1. The Bertz CT molecular complexity index is 363. The van der Waals surface area contributed by atoms with Crippen LogP contribution in [0.3, 0.4) is 0 Å². The Hall–Kier alpha value is -1.35. The predicted molar refractivity (Wildman–Crippen MR) is 61.3 cm³/mol. The van der Waals surface area contributed by atoms with E-state index >= 15 is 0 Å². The monoisotopic (exact) mass is 219 g/mol. The van der Waals surface area contributed by atoms with Gasteiger partial charge in [-0.2, -0.15) is 0 Å².